The number of hydrogen-bond acceptors (Lipinski definition) is 7. The number of carbonyl (C=O) groups excluding carboxylic acids is 1. The van der Waals surface area contributed by atoms with Crippen molar-refractivity contribution in [3.05, 3.63) is 93.6 Å². The SMILES string of the molecule is Cc1cc(C)nc(NC(C(=O)c2ccccc2)c2c(O)c3ccccc3oc2=O)n1. The summed E-state index contributed by atoms with van der Waals surface area (Å²) in [5.74, 6) is -0.557. The van der Waals surface area contributed by atoms with Gasteiger partial charge in [-0.1, -0.05) is 42.5 Å². The van der Waals surface area contributed by atoms with Crippen LogP contribution < -0.4 is 10.9 Å². The van der Waals surface area contributed by atoms with Crippen LogP contribution in [0.1, 0.15) is 33.4 Å². The molecule has 4 rings (SSSR count). The van der Waals surface area contributed by atoms with Crippen molar-refractivity contribution in [2.75, 3.05) is 5.32 Å². The molecular formula is C23H19N3O4. The van der Waals surface area contributed by atoms with Gasteiger partial charge in [-0.3, -0.25) is 4.79 Å². The molecule has 2 N–H and O–H groups in total. The maximum Gasteiger partial charge on any atom is 0.345 e. The Labute approximate surface area is 172 Å². The van der Waals surface area contributed by atoms with Crippen molar-refractivity contribution in [2.24, 2.45) is 0 Å². The molecule has 2 aromatic heterocycles. The van der Waals surface area contributed by atoms with E-state index < -0.39 is 17.5 Å². The lowest BCUT2D eigenvalue weighted by molar-refractivity contribution is 0.0966. The summed E-state index contributed by atoms with van der Waals surface area (Å²) in [5.41, 5.74) is 1.00. The van der Waals surface area contributed by atoms with Crippen LogP contribution in [0.2, 0.25) is 0 Å². The Hall–Kier alpha value is -4.00. The summed E-state index contributed by atoms with van der Waals surface area (Å²) in [5, 5.41) is 14.2. The highest BCUT2D eigenvalue weighted by Crippen LogP contribution is 2.32. The first kappa shape index (κ1) is 19.3. The number of Topliss-reactive ketones (excluding diaryl/α,β-unsaturated/α-hetero) is 1. The highest BCUT2D eigenvalue weighted by molar-refractivity contribution is 6.03. The van der Waals surface area contributed by atoms with E-state index in [9.17, 15) is 14.7 Å². The first-order valence-corrected chi connectivity index (χ1v) is 9.37. The van der Waals surface area contributed by atoms with Crippen LogP contribution in [0.25, 0.3) is 11.0 Å². The molecule has 0 fully saturated rings. The van der Waals surface area contributed by atoms with E-state index in [1.54, 1.807) is 74.5 Å². The van der Waals surface area contributed by atoms with Gasteiger partial charge in [0, 0.05) is 17.0 Å². The lowest BCUT2D eigenvalue weighted by atomic mass is 9.97. The Morgan fingerprint density at radius 3 is 2.33 bits per heavy atom. The smallest absolute Gasteiger partial charge is 0.345 e. The van der Waals surface area contributed by atoms with E-state index in [1.165, 1.54) is 0 Å². The molecule has 2 aromatic carbocycles. The van der Waals surface area contributed by atoms with Crippen LogP contribution >= 0.6 is 0 Å². The summed E-state index contributed by atoms with van der Waals surface area (Å²) < 4.78 is 5.38. The minimum Gasteiger partial charge on any atom is -0.507 e. The zero-order valence-electron chi connectivity index (χ0n) is 16.4. The maximum atomic E-state index is 13.4. The second-order valence-corrected chi connectivity index (χ2v) is 6.93. The summed E-state index contributed by atoms with van der Waals surface area (Å²) >= 11 is 0. The molecule has 0 aliphatic carbocycles. The number of aromatic nitrogens is 2. The van der Waals surface area contributed by atoms with Crippen molar-refractivity contribution in [3.63, 3.8) is 0 Å². The first-order valence-electron chi connectivity index (χ1n) is 9.37. The summed E-state index contributed by atoms with van der Waals surface area (Å²) in [6, 6.07) is 15.7. The minimum absolute atomic E-state index is 0.175. The Morgan fingerprint density at radius 2 is 1.63 bits per heavy atom. The molecule has 0 saturated heterocycles. The predicted octanol–water partition coefficient (Wildman–Crippen LogP) is 3.94. The number of nitrogens with zero attached hydrogens (tertiary/aromatic N) is 2. The van der Waals surface area contributed by atoms with Gasteiger partial charge < -0.3 is 14.8 Å². The number of nitrogens with one attached hydrogen (secondary N) is 1. The molecule has 0 bridgehead atoms. The van der Waals surface area contributed by atoms with Crippen LogP contribution in [0.3, 0.4) is 0 Å². The van der Waals surface area contributed by atoms with E-state index in [0.717, 1.165) is 0 Å². The van der Waals surface area contributed by atoms with Crippen LogP contribution in [-0.4, -0.2) is 20.9 Å². The van der Waals surface area contributed by atoms with Gasteiger partial charge in [0.25, 0.3) is 0 Å². The third-order valence-electron chi connectivity index (χ3n) is 4.68. The number of para-hydroxylation sites is 1. The zero-order valence-corrected chi connectivity index (χ0v) is 16.4. The van der Waals surface area contributed by atoms with E-state index in [2.05, 4.69) is 15.3 Å². The zero-order chi connectivity index (χ0) is 21.3. The molecule has 0 amide bonds. The number of carbonyl (C=O) groups is 1. The molecule has 4 aromatic rings. The molecule has 7 heteroatoms. The van der Waals surface area contributed by atoms with Gasteiger partial charge in [-0.2, -0.15) is 0 Å². The summed E-state index contributed by atoms with van der Waals surface area (Å²) in [6.07, 6.45) is 0. The number of benzene rings is 2. The van der Waals surface area contributed by atoms with Gasteiger partial charge in [-0.05, 0) is 32.0 Å². The average molecular weight is 401 g/mol. The summed E-state index contributed by atoms with van der Waals surface area (Å²) in [6.45, 7) is 3.60. The van der Waals surface area contributed by atoms with Crippen LogP contribution in [0.5, 0.6) is 5.75 Å². The molecule has 0 aliphatic rings. The van der Waals surface area contributed by atoms with Gasteiger partial charge in [0.1, 0.15) is 22.9 Å². The number of anilines is 1. The number of rotatable bonds is 5. The lowest BCUT2D eigenvalue weighted by Gasteiger charge is -2.19. The first-order chi connectivity index (χ1) is 14.4. The van der Waals surface area contributed by atoms with Gasteiger partial charge >= 0.3 is 5.63 Å². The van der Waals surface area contributed by atoms with E-state index in [0.29, 0.717) is 22.3 Å². The fraction of sp³-hybridized carbons (Fsp3) is 0.130. The number of fused-ring (bicyclic) bond motifs is 1. The molecular weight excluding hydrogens is 382 g/mol. The standard InChI is InChI=1S/C23H19N3O4/c1-13-12-14(2)25-23(24-13)26-19(20(27)15-8-4-3-5-9-15)18-21(28)16-10-6-7-11-17(16)30-22(18)29/h3-12,19,28H,1-2H3,(H,24,25,26). The topological polar surface area (TPSA) is 105 Å². The molecule has 150 valence electrons. The Kier molecular flexibility index (Phi) is 5.02. The van der Waals surface area contributed by atoms with E-state index in [1.807, 2.05) is 0 Å². The largest absolute Gasteiger partial charge is 0.507 e. The van der Waals surface area contributed by atoms with Gasteiger partial charge in [-0.25, -0.2) is 14.8 Å². The van der Waals surface area contributed by atoms with Gasteiger partial charge in [0.05, 0.1) is 5.39 Å². The van der Waals surface area contributed by atoms with Crippen molar-refractivity contribution in [3.8, 4) is 5.75 Å². The van der Waals surface area contributed by atoms with Gasteiger partial charge in [0.2, 0.25) is 5.95 Å². The Bertz CT molecular complexity index is 1280. The quantitative estimate of drug-likeness (QED) is 0.385. The van der Waals surface area contributed by atoms with Crippen molar-refractivity contribution in [1.82, 2.24) is 9.97 Å². The molecule has 1 unspecified atom stereocenters. The van der Waals surface area contributed by atoms with Gasteiger partial charge in [0.15, 0.2) is 5.78 Å². The fourth-order valence-electron chi connectivity index (χ4n) is 3.36. The normalized spacial score (nSPS) is 11.9. The average Bonchev–Trinajstić information content (AvgIpc) is 2.72. The molecule has 0 spiro atoms. The predicted molar refractivity (Wildman–Crippen MR) is 113 cm³/mol. The highest BCUT2D eigenvalue weighted by atomic mass is 16.4. The van der Waals surface area contributed by atoms with Crippen LogP contribution in [0, 0.1) is 13.8 Å². The minimum atomic E-state index is -1.24. The van der Waals surface area contributed by atoms with Crippen LogP contribution in [0.4, 0.5) is 5.95 Å². The van der Waals surface area contributed by atoms with Crippen molar-refractivity contribution in [2.45, 2.75) is 19.9 Å². The second kappa shape index (κ2) is 7.79. The van der Waals surface area contributed by atoms with E-state index in [4.69, 9.17) is 4.42 Å². The van der Waals surface area contributed by atoms with Crippen LogP contribution in [-0.2, 0) is 0 Å². The molecule has 0 radical (unpaired) electrons. The van der Waals surface area contributed by atoms with Gasteiger partial charge in [-0.15, -0.1) is 0 Å². The number of aryl methyl sites for hydroxylation is 2. The Balaban J connectivity index is 1.90. The Morgan fingerprint density at radius 1 is 1.00 bits per heavy atom. The van der Waals surface area contributed by atoms with Crippen molar-refractivity contribution < 1.29 is 14.3 Å². The van der Waals surface area contributed by atoms with Crippen LogP contribution in [0.15, 0.2) is 69.9 Å². The van der Waals surface area contributed by atoms with E-state index in [-0.39, 0.29) is 22.8 Å². The number of hydrogen-bond donors (Lipinski definition) is 2. The molecule has 7 nitrogen and oxygen atoms in total. The highest BCUT2D eigenvalue weighted by Gasteiger charge is 2.30. The molecule has 2 heterocycles. The molecule has 1 atom stereocenters. The maximum absolute atomic E-state index is 13.4. The number of aromatic hydroxyl groups is 1. The molecule has 0 saturated carbocycles. The third kappa shape index (κ3) is 3.65. The van der Waals surface area contributed by atoms with Crippen molar-refractivity contribution in [1.29, 1.82) is 0 Å². The summed E-state index contributed by atoms with van der Waals surface area (Å²) in [7, 11) is 0. The monoisotopic (exact) mass is 401 g/mol. The summed E-state index contributed by atoms with van der Waals surface area (Å²) in [4.78, 5) is 34.8. The second-order valence-electron chi connectivity index (χ2n) is 6.93. The third-order valence-corrected chi connectivity index (χ3v) is 4.68. The van der Waals surface area contributed by atoms with E-state index >= 15 is 0 Å². The van der Waals surface area contributed by atoms with Crippen molar-refractivity contribution >= 4 is 22.7 Å². The lowest BCUT2D eigenvalue weighted by Crippen LogP contribution is -2.27. The number of ketones is 1. The molecule has 30 heavy (non-hydrogen) atoms. The fourth-order valence-corrected chi connectivity index (χ4v) is 3.36. The molecule has 0 aliphatic heterocycles.